The van der Waals surface area contributed by atoms with Crippen molar-refractivity contribution >= 4 is 35.6 Å². The maximum atomic E-state index is 13.0. The van der Waals surface area contributed by atoms with Crippen LogP contribution in [-0.4, -0.2) is 75.1 Å². The minimum absolute atomic E-state index is 0.0125. The molecule has 0 radical (unpaired) electrons. The van der Waals surface area contributed by atoms with Crippen molar-refractivity contribution in [1.82, 2.24) is 16.0 Å². The topological polar surface area (TPSA) is 225 Å². The first-order valence-corrected chi connectivity index (χ1v) is 10.7. The van der Waals surface area contributed by atoms with Gasteiger partial charge in [-0.3, -0.25) is 24.0 Å². The molecule has 0 aliphatic carbocycles. The van der Waals surface area contributed by atoms with Gasteiger partial charge in [0.2, 0.25) is 17.7 Å². The van der Waals surface area contributed by atoms with E-state index in [4.69, 9.17) is 21.1 Å². The molecule has 35 heavy (non-hydrogen) atoms. The number of carbonyl (C=O) groups is 6. The summed E-state index contributed by atoms with van der Waals surface area (Å²) in [5.74, 6) is -7.66. The Hall–Kier alpha value is -4.00. The summed E-state index contributed by atoms with van der Waals surface area (Å²) in [6.45, 7) is 3.42. The van der Waals surface area contributed by atoms with Crippen molar-refractivity contribution < 1.29 is 44.1 Å². The number of carbonyl (C=O) groups excluding carboxylic acids is 3. The first-order valence-electron chi connectivity index (χ1n) is 10.7. The van der Waals surface area contributed by atoms with Crippen LogP contribution in [0.1, 0.15) is 32.3 Å². The zero-order valence-corrected chi connectivity index (χ0v) is 19.3. The molecule has 1 rings (SSSR count). The third kappa shape index (κ3) is 10.2. The summed E-state index contributed by atoms with van der Waals surface area (Å²) in [6, 6.07) is 2.78. The molecule has 0 bridgehead atoms. The van der Waals surface area contributed by atoms with Crippen LogP contribution in [0.25, 0.3) is 0 Å². The van der Waals surface area contributed by atoms with Crippen molar-refractivity contribution in [2.45, 2.75) is 57.3 Å². The minimum atomic E-state index is -1.85. The average molecular weight is 495 g/mol. The third-order valence-corrected chi connectivity index (χ3v) is 4.94. The Morgan fingerprint density at radius 2 is 1.20 bits per heavy atom. The molecule has 0 spiro atoms. The van der Waals surface area contributed by atoms with E-state index in [-0.39, 0.29) is 12.3 Å². The lowest BCUT2D eigenvalue weighted by Crippen LogP contribution is -2.58. The molecule has 0 aliphatic heterocycles. The molecule has 0 aliphatic rings. The lowest BCUT2D eigenvalue weighted by atomic mass is 10.0. The van der Waals surface area contributed by atoms with Crippen LogP contribution in [0, 0.1) is 5.92 Å². The standard InChI is InChI=1S/C22H30N4O9/c1-11(2)18(23)21(33)25-13(8-12-6-4-3-5-7-12)19(31)24-14(9-16(27)28)20(32)26-15(22(34)35)10-17(29)30/h3-7,11,13-15,18H,8-10,23H2,1-2H3,(H,24,31)(H,25,33)(H,26,32)(H,27,28)(H,29,30)(H,34,35). The smallest absolute Gasteiger partial charge is 0.326 e. The molecule has 4 unspecified atom stereocenters. The van der Waals surface area contributed by atoms with Crippen LogP contribution in [0.2, 0.25) is 0 Å². The predicted molar refractivity (Wildman–Crippen MR) is 121 cm³/mol. The van der Waals surface area contributed by atoms with Crippen LogP contribution < -0.4 is 21.7 Å². The maximum absolute atomic E-state index is 13.0. The normalized spacial score (nSPS) is 14.2. The highest BCUT2D eigenvalue weighted by atomic mass is 16.4. The second-order valence-electron chi connectivity index (χ2n) is 8.18. The molecule has 3 amide bonds. The van der Waals surface area contributed by atoms with Gasteiger partial charge in [-0.25, -0.2) is 4.79 Å². The van der Waals surface area contributed by atoms with Gasteiger partial charge >= 0.3 is 17.9 Å². The fourth-order valence-electron chi connectivity index (χ4n) is 2.93. The fourth-order valence-corrected chi connectivity index (χ4v) is 2.93. The van der Waals surface area contributed by atoms with Crippen LogP contribution in [0.15, 0.2) is 30.3 Å². The number of carboxylic acids is 3. The van der Waals surface area contributed by atoms with Crippen molar-refractivity contribution in [3.8, 4) is 0 Å². The zero-order valence-electron chi connectivity index (χ0n) is 19.3. The summed E-state index contributed by atoms with van der Waals surface area (Å²) < 4.78 is 0. The summed E-state index contributed by atoms with van der Waals surface area (Å²) in [5.41, 5.74) is 6.50. The zero-order chi connectivity index (χ0) is 26.7. The van der Waals surface area contributed by atoms with Gasteiger partial charge in [0, 0.05) is 6.42 Å². The number of amides is 3. The van der Waals surface area contributed by atoms with E-state index in [0.29, 0.717) is 5.56 Å². The first kappa shape index (κ1) is 29.0. The highest BCUT2D eigenvalue weighted by Crippen LogP contribution is 2.07. The number of nitrogens with two attached hydrogens (primary N) is 1. The van der Waals surface area contributed by atoms with Crippen molar-refractivity contribution in [2.24, 2.45) is 11.7 Å². The summed E-state index contributed by atoms with van der Waals surface area (Å²) in [4.78, 5) is 71.5. The molecule has 1 aromatic rings. The van der Waals surface area contributed by atoms with E-state index in [9.17, 15) is 28.8 Å². The lowest BCUT2D eigenvalue weighted by molar-refractivity contribution is -0.148. The molecule has 192 valence electrons. The van der Waals surface area contributed by atoms with Gasteiger partial charge in [0.05, 0.1) is 18.9 Å². The van der Waals surface area contributed by atoms with Crippen LogP contribution in [0.5, 0.6) is 0 Å². The highest BCUT2D eigenvalue weighted by molar-refractivity contribution is 5.96. The average Bonchev–Trinajstić information content (AvgIpc) is 2.76. The molecular weight excluding hydrogens is 464 g/mol. The van der Waals surface area contributed by atoms with Crippen LogP contribution in [-0.2, 0) is 35.2 Å². The Balaban J connectivity index is 3.12. The number of benzene rings is 1. The number of rotatable bonds is 14. The van der Waals surface area contributed by atoms with Crippen LogP contribution >= 0.6 is 0 Å². The Labute approximate surface area is 201 Å². The van der Waals surface area contributed by atoms with Crippen molar-refractivity contribution in [1.29, 1.82) is 0 Å². The molecule has 13 heteroatoms. The predicted octanol–water partition coefficient (Wildman–Crippen LogP) is -1.30. The van der Waals surface area contributed by atoms with E-state index in [0.717, 1.165) is 0 Å². The molecule has 8 N–H and O–H groups in total. The van der Waals surface area contributed by atoms with E-state index in [2.05, 4.69) is 10.6 Å². The van der Waals surface area contributed by atoms with E-state index in [1.807, 2.05) is 5.32 Å². The summed E-state index contributed by atoms with van der Waals surface area (Å²) in [6.07, 6.45) is -1.90. The fraction of sp³-hybridized carbons (Fsp3) is 0.455. The molecule has 4 atom stereocenters. The minimum Gasteiger partial charge on any atom is -0.481 e. The third-order valence-electron chi connectivity index (χ3n) is 4.94. The van der Waals surface area contributed by atoms with E-state index < -0.39 is 72.6 Å². The van der Waals surface area contributed by atoms with E-state index in [1.165, 1.54) is 0 Å². The number of aliphatic carboxylic acids is 3. The molecule has 0 saturated carbocycles. The number of nitrogens with one attached hydrogen (secondary N) is 3. The van der Waals surface area contributed by atoms with Gasteiger partial charge in [-0.2, -0.15) is 0 Å². The number of carboxylic acid groups (broad SMARTS) is 3. The second kappa shape index (κ2) is 13.6. The molecule has 13 nitrogen and oxygen atoms in total. The Morgan fingerprint density at radius 3 is 1.69 bits per heavy atom. The second-order valence-corrected chi connectivity index (χ2v) is 8.18. The molecule has 0 aromatic heterocycles. The van der Waals surface area contributed by atoms with Gasteiger partial charge in [-0.05, 0) is 11.5 Å². The van der Waals surface area contributed by atoms with Gasteiger partial charge in [-0.15, -0.1) is 0 Å². The maximum Gasteiger partial charge on any atom is 0.326 e. The van der Waals surface area contributed by atoms with E-state index in [1.54, 1.807) is 44.2 Å². The van der Waals surface area contributed by atoms with Crippen molar-refractivity contribution in [3.05, 3.63) is 35.9 Å². The van der Waals surface area contributed by atoms with Crippen LogP contribution in [0.3, 0.4) is 0 Å². The molecule has 1 aromatic carbocycles. The molecule has 0 saturated heterocycles. The van der Waals surface area contributed by atoms with Gasteiger partial charge in [0.1, 0.15) is 18.1 Å². The Bertz CT molecular complexity index is 936. The SMILES string of the molecule is CC(C)C(N)C(=O)NC(Cc1ccccc1)C(=O)NC(CC(=O)O)C(=O)NC(CC(=O)O)C(=O)O. The summed E-state index contributed by atoms with van der Waals surface area (Å²) in [5, 5.41) is 33.7. The quantitative estimate of drug-likeness (QED) is 0.162. The molecular formula is C22H30N4O9. The monoisotopic (exact) mass is 494 g/mol. The molecule has 0 heterocycles. The van der Waals surface area contributed by atoms with Gasteiger partial charge in [0.25, 0.3) is 0 Å². The van der Waals surface area contributed by atoms with Gasteiger partial charge in [-0.1, -0.05) is 44.2 Å². The Kier molecular flexibility index (Phi) is 11.3. The number of hydrogen-bond acceptors (Lipinski definition) is 7. The number of hydrogen-bond donors (Lipinski definition) is 7. The van der Waals surface area contributed by atoms with Crippen molar-refractivity contribution in [2.75, 3.05) is 0 Å². The van der Waals surface area contributed by atoms with Gasteiger partial charge in [0.15, 0.2) is 0 Å². The molecule has 0 fully saturated rings. The van der Waals surface area contributed by atoms with E-state index >= 15 is 0 Å². The highest BCUT2D eigenvalue weighted by Gasteiger charge is 2.32. The largest absolute Gasteiger partial charge is 0.481 e. The van der Waals surface area contributed by atoms with Crippen molar-refractivity contribution in [3.63, 3.8) is 0 Å². The lowest BCUT2D eigenvalue weighted by Gasteiger charge is -2.25. The summed E-state index contributed by atoms with van der Waals surface area (Å²) >= 11 is 0. The Morgan fingerprint density at radius 1 is 0.743 bits per heavy atom. The van der Waals surface area contributed by atoms with Crippen LogP contribution in [0.4, 0.5) is 0 Å². The summed E-state index contributed by atoms with van der Waals surface area (Å²) in [7, 11) is 0. The first-order chi connectivity index (χ1) is 16.3. The van der Waals surface area contributed by atoms with Gasteiger partial charge < -0.3 is 37.0 Å².